The van der Waals surface area contributed by atoms with Crippen LogP contribution >= 0.6 is 11.3 Å². The van der Waals surface area contributed by atoms with Crippen molar-refractivity contribution in [3.63, 3.8) is 0 Å². The van der Waals surface area contributed by atoms with Crippen molar-refractivity contribution >= 4 is 33.9 Å². The van der Waals surface area contributed by atoms with E-state index in [-0.39, 0.29) is 11.7 Å². The molecule has 21 heavy (non-hydrogen) atoms. The van der Waals surface area contributed by atoms with E-state index in [1.54, 1.807) is 6.20 Å². The molecule has 2 aromatic heterocycles. The molecule has 1 aliphatic carbocycles. The highest BCUT2D eigenvalue weighted by Crippen LogP contribution is 2.29. The van der Waals surface area contributed by atoms with Crippen molar-refractivity contribution < 1.29 is 4.79 Å². The second-order valence-corrected chi connectivity index (χ2v) is 6.15. The Balaban J connectivity index is 1.70. The second kappa shape index (κ2) is 5.69. The van der Waals surface area contributed by atoms with Gasteiger partial charge in [0.05, 0.1) is 11.9 Å². The monoisotopic (exact) mass is 303 g/mol. The van der Waals surface area contributed by atoms with Crippen LogP contribution in [0.5, 0.6) is 0 Å². The largest absolute Gasteiger partial charge is 0.382 e. The van der Waals surface area contributed by atoms with E-state index >= 15 is 0 Å². The molecule has 6 nitrogen and oxygen atoms in total. The van der Waals surface area contributed by atoms with E-state index in [1.807, 2.05) is 19.1 Å². The first-order chi connectivity index (χ1) is 10.1. The summed E-state index contributed by atoms with van der Waals surface area (Å²) in [6, 6.07) is 4.12. The highest BCUT2D eigenvalue weighted by Gasteiger charge is 2.21. The van der Waals surface area contributed by atoms with Gasteiger partial charge in [0.1, 0.15) is 10.7 Å². The van der Waals surface area contributed by atoms with E-state index in [4.69, 9.17) is 5.73 Å². The summed E-state index contributed by atoms with van der Waals surface area (Å²) in [6.45, 7) is 1.89. The van der Waals surface area contributed by atoms with Gasteiger partial charge >= 0.3 is 0 Å². The molecule has 0 aromatic carbocycles. The number of hydrogen-bond donors (Lipinski definition) is 3. The topological polar surface area (TPSA) is 92.9 Å². The van der Waals surface area contributed by atoms with Crippen molar-refractivity contribution in [1.82, 2.24) is 9.97 Å². The number of nitrogens with two attached hydrogens (primary N) is 1. The average molecular weight is 303 g/mol. The summed E-state index contributed by atoms with van der Waals surface area (Å²) in [5, 5.41) is 6.80. The minimum Gasteiger partial charge on any atom is -0.382 e. The van der Waals surface area contributed by atoms with Crippen LogP contribution in [-0.4, -0.2) is 21.9 Å². The summed E-state index contributed by atoms with van der Waals surface area (Å²) in [7, 11) is 0. The van der Waals surface area contributed by atoms with Crippen molar-refractivity contribution in [3.05, 3.63) is 28.9 Å². The third-order valence-electron chi connectivity index (χ3n) is 3.46. The summed E-state index contributed by atoms with van der Waals surface area (Å²) in [4.78, 5) is 21.0. The summed E-state index contributed by atoms with van der Waals surface area (Å²) < 4.78 is 0. The summed E-state index contributed by atoms with van der Waals surface area (Å²) in [5.41, 5.74) is 7.38. The van der Waals surface area contributed by atoms with E-state index in [1.165, 1.54) is 17.8 Å². The highest BCUT2D eigenvalue weighted by atomic mass is 32.1. The SMILES string of the molecule is Cc1ccc(NC(=O)c2sc(NC3CCC3)nc2N)cn1. The fraction of sp³-hybridized carbons (Fsp3) is 0.357. The second-order valence-electron chi connectivity index (χ2n) is 5.15. The molecule has 0 atom stereocenters. The zero-order chi connectivity index (χ0) is 14.8. The standard InChI is InChI=1S/C14H17N5OS/c1-8-5-6-10(7-16-8)17-13(20)11-12(15)19-14(21-11)18-9-3-2-4-9/h5-7,9H,2-4,15H2,1H3,(H,17,20)(H,18,19). The number of rotatable bonds is 4. The maximum absolute atomic E-state index is 12.2. The molecule has 0 saturated heterocycles. The van der Waals surface area contributed by atoms with Crippen LogP contribution in [0.15, 0.2) is 18.3 Å². The van der Waals surface area contributed by atoms with Crippen LogP contribution in [0.2, 0.25) is 0 Å². The smallest absolute Gasteiger partial charge is 0.269 e. The number of carbonyl (C=O) groups excluding carboxylic acids is 1. The van der Waals surface area contributed by atoms with Gasteiger partial charge in [-0.05, 0) is 38.3 Å². The maximum Gasteiger partial charge on any atom is 0.269 e. The number of aromatic nitrogens is 2. The molecule has 0 aliphatic heterocycles. The number of hydrogen-bond acceptors (Lipinski definition) is 6. The number of aryl methyl sites for hydroxylation is 1. The van der Waals surface area contributed by atoms with Crippen LogP contribution in [0.3, 0.4) is 0 Å². The Morgan fingerprint density at radius 2 is 2.24 bits per heavy atom. The first-order valence-corrected chi connectivity index (χ1v) is 7.70. The number of nitrogens with zero attached hydrogens (tertiary/aromatic N) is 2. The lowest BCUT2D eigenvalue weighted by atomic mass is 9.93. The van der Waals surface area contributed by atoms with E-state index in [2.05, 4.69) is 20.6 Å². The Morgan fingerprint density at radius 3 is 2.86 bits per heavy atom. The van der Waals surface area contributed by atoms with Crippen LogP contribution < -0.4 is 16.4 Å². The van der Waals surface area contributed by atoms with Crippen LogP contribution in [0, 0.1) is 6.92 Å². The maximum atomic E-state index is 12.2. The fourth-order valence-corrected chi connectivity index (χ4v) is 2.87. The van der Waals surface area contributed by atoms with Gasteiger partial charge in [0.25, 0.3) is 5.91 Å². The summed E-state index contributed by atoms with van der Waals surface area (Å²) in [6.07, 6.45) is 5.16. The number of anilines is 3. The normalized spacial score (nSPS) is 14.5. The molecular weight excluding hydrogens is 286 g/mol. The number of carbonyl (C=O) groups is 1. The van der Waals surface area contributed by atoms with Gasteiger partial charge in [-0.1, -0.05) is 11.3 Å². The Hall–Kier alpha value is -2.15. The molecule has 3 rings (SSSR count). The Morgan fingerprint density at radius 1 is 1.43 bits per heavy atom. The first-order valence-electron chi connectivity index (χ1n) is 6.88. The van der Waals surface area contributed by atoms with Crippen molar-refractivity contribution in [2.75, 3.05) is 16.4 Å². The zero-order valence-electron chi connectivity index (χ0n) is 11.7. The van der Waals surface area contributed by atoms with Gasteiger partial charge in [0, 0.05) is 11.7 Å². The molecule has 1 amide bonds. The third-order valence-corrected chi connectivity index (χ3v) is 4.46. The van der Waals surface area contributed by atoms with Gasteiger partial charge in [-0.3, -0.25) is 9.78 Å². The lowest BCUT2D eigenvalue weighted by Gasteiger charge is -2.25. The van der Waals surface area contributed by atoms with E-state index in [9.17, 15) is 4.79 Å². The molecule has 1 aliphatic rings. The van der Waals surface area contributed by atoms with Gasteiger partial charge in [0.15, 0.2) is 5.13 Å². The highest BCUT2D eigenvalue weighted by molar-refractivity contribution is 7.18. The van der Waals surface area contributed by atoms with Gasteiger partial charge in [-0.2, -0.15) is 0 Å². The quantitative estimate of drug-likeness (QED) is 0.807. The number of thiazole rings is 1. The van der Waals surface area contributed by atoms with Crippen LogP contribution in [0.1, 0.15) is 34.6 Å². The minimum absolute atomic E-state index is 0.252. The van der Waals surface area contributed by atoms with Gasteiger partial charge < -0.3 is 16.4 Å². The van der Waals surface area contributed by atoms with E-state index < -0.39 is 0 Å². The number of nitrogen functional groups attached to an aromatic ring is 1. The van der Waals surface area contributed by atoms with Gasteiger partial charge in [-0.25, -0.2) is 4.98 Å². The predicted octanol–water partition coefficient (Wildman–Crippen LogP) is 2.65. The van der Waals surface area contributed by atoms with Gasteiger partial charge in [-0.15, -0.1) is 0 Å². The Kier molecular flexibility index (Phi) is 3.74. The predicted molar refractivity (Wildman–Crippen MR) is 84.7 cm³/mol. The Labute approximate surface area is 126 Å². The summed E-state index contributed by atoms with van der Waals surface area (Å²) in [5.74, 6) is 0.0108. The molecule has 1 saturated carbocycles. The van der Waals surface area contributed by atoms with Crippen molar-refractivity contribution in [2.45, 2.75) is 32.2 Å². The molecule has 110 valence electrons. The average Bonchev–Trinajstić information content (AvgIpc) is 2.78. The molecule has 0 unspecified atom stereocenters. The van der Waals surface area contributed by atoms with Crippen molar-refractivity contribution in [1.29, 1.82) is 0 Å². The first kappa shape index (κ1) is 13.8. The fourth-order valence-electron chi connectivity index (χ4n) is 2.01. The lowest BCUT2D eigenvalue weighted by molar-refractivity contribution is 0.103. The molecule has 0 bridgehead atoms. The minimum atomic E-state index is -0.252. The van der Waals surface area contributed by atoms with Crippen molar-refractivity contribution in [2.24, 2.45) is 0 Å². The number of nitrogens with one attached hydrogen (secondary N) is 2. The van der Waals surface area contributed by atoms with E-state index in [0.717, 1.165) is 18.5 Å². The molecule has 7 heteroatoms. The molecular formula is C14H17N5OS. The Bertz CT molecular complexity index is 648. The third kappa shape index (κ3) is 3.13. The molecule has 4 N–H and O–H groups in total. The van der Waals surface area contributed by atoms with E-state index in [0.29, 0.717) is 21.7 Å². The van der Waals surface area contributed by atoms with Gasteiger partial charge in [0.2, 0.25) is 0 Å². The number of amides is 1. The molecule has 0 spiro atoms. The molecule has 2 aromatic rings. The number of pyridine rings is 1. The van der Waals surface area contributed by atoms with Crippen LogP contribution in [0.25, 0.3) is 0 Å². The van der Waals surface area contributed by atoms with Crippen LogP contribution in [-0.2, 0) is 0 Å². The molecule has 1 fully saturated rings. The van der Waals surface area contributed by atoms with Crippen LogP contribution in [0.4, 0.5) is 16.6 Å². The zero-order valence-corrected chi connectivity index (χ0v) is 12.5. The molecule has 0 radical (unpaired) electrons. The molecule has 2 heterocycles. The van der Waals surface area contributed by atoms with Crippen molar-refractivity contribution in [3.8, 4) is 0 Å². The summed E-state index contributed by atoms with van der Waals surface area (Å²) >= 11 is 1.29. The lowest BCUT2D eigenvalue weighted by Crippen LogP contribution is -2.26.